The molecule has 0 saturated carbocycles. The molecule has 1 N–H and O–H groups in total. The summed E-state index contributed by atoms with van der Waals surface area (Å²) in [4.78, 5) is 8.04. The van der Waals surface area contributed by atoms with Crippen LogP contribution in [0.5, 0.6) is 5.75 Å². The first-order chi connectivity index (χ1) is 18.7. The van der Waals surface area contributed by atoms with Crippen LogP contribution in [0, 0.1) is 6.85 Å². The number of nitrogens with one attached hydrogen (secondary N) is 1. The average Bonchev–Trinajstić information content (AvgIpc) is 3.27. The summed E-state index contributed by atoms with van der Waals surface area (Å²) >= 11 is 0. The fourth-order valence-corrected chi connectivity index (χ4v) is 2.90. The Bertz CT molecular complexity index is 1700. The molecule has 4 rings (SSSR count). The number of hydrogen-bond acceptors (Lipinski definition) is 4. The monoisotopic (exact) mass is 381 g/mol. The number of aromatic amines is 1. The topological polar surface area (TPSA) is 72.8 Å². The van der Waals surface area contributed by atoms with Crippen LogP contribution in [0.4, 0.5) is 0 Å². The van der Waals surface area contributed by atoms with Crippen LogP contribution in [0.1, 0.15) is 30.4 Å². The van der Waals surface area contributed by atoms with Crippen molar-refractivity contribution in [3.63, 3.8) is 0 Å². The molecule has 0 aliphatic rings. The zero-order chi connectivity index (χ0) is 31.0. The number of H-pyrrole nitrogens is 1. The van der Waals surface area contributed by atoms with Gasteiger partial charge in [-0.05, 0) is 43.2 Å². The fraction of sp³-hybridized carbons (Fsp3) is 0.158. The molecule has 0 radical (unpaired) electrons. The summed E-state index contributed by atoms with van der Waals surface area (Å²) in [5.74, 6) is -1.16. The first kappa shape index (κ1) is 6.66. The Hall–Kier alpha value is -2.93. The van der Waals surface area contributed by atoms with Gasteiger partial charge in [-0.1, -0.05) is 0 Å². The van der Waals surface area contributed by atoms with Crippen LogP contribution < -0.4 is 4.74 Å². The number of aromatic nitrogens is 4. The number of pyridine rings is 1. The molecule has 3 heterocycles. The SMILES string of the molecule is [2H]c1nc(C([2H])([2H])S(=O)c2nc3cc(-n4c([2H])c([2H])c([2H])c4[2H])ccc3n2[2H])c(C([2H])([2H])[2H])c(OC([2H])([2H])[2H])c1[2H]. The molecular weight excluding hydrogens is 348 g/mol. The van der Waals surface area contributed by atoms with Crippen LogP contribution in [0.2, 0.25) is 1.41 Å². The van der Waals surface area contributed by atoms with Crippen molar-refractivity contribution in [2.24, 2.45) is 0 Å². The zero-order valence-electron chi connectivity index (χ0n) is 27.7. The highest BCUT2D eigenvalue weighted by atomic mass is 32.2. The molecular formula is C19H18N4O2S. The van der Waals surface area contributed by atoms with E-state index in [1.165, 1.54) is 18.2 Å². The summed E-state index contributed by atoms with van der Waals surface area (Å²) in [6, 6.07) is 1.81. The van der Waals surface area contributed by atoms with E-state index in [9.17, 15) is 4.21 Å². The molecule has 6 nitrogen and oxygen atoms in total. The molecule has 0 bridgehead atoms. The Morgan fingerprint density at radius 2 is 2.35 bits per heavy atom. The fourth-order valence-electron chi connectivity index (χ4n) is 2.12. The molecule has 4 aromatic rings. The third-order valence-electron chi connectivity index (χ3n) is 3.31. The highest BCUT2D eigenvalue weighted by Gasteiger charge is 2.15. The van der Waals surface area contributed by atoms with Gasteiger partial charge >= 0.3 is 0 Å². The quantitative estimate of drug-likeness (QED) is 0.575. The summed E-state index contributed by atoms with van der Waals surface area (Å²) in [5, 5.41) is -0.743. The second-order valence-electron chi connectivity index (χ2n) is 4.86. The minimum atomic E-state index is -3.34. The maximum atomic E-state index is 13.6. The molecule has 0 amide bonds. The van der Waals surface area contributed by atoms with Crippen molar-refractivity contribution in [2.75, 3.05) is 7.04 Å². The molecule has 132 valence electrons. The summed E-state index contributed by atoms with van der Waals surface area (Å²) in [7, 11) is -6.33. The van der Waals surface area contributed by atoms with Gasteiger partial charge in [-0.25, -0.2) is 4.98 Å². The molecule has 1 unspecified atom stereocenters. The number of benzene rings is 1. The minimum Gasteiger partial charge on any atom is -0.496 e. The lowest BCUT2D eigenvalue weighted by Gasteiger charge is -2.08. The smallest absolute Gasteiger partial charge is 0.197 e. The number of imidazole rings is 1. The third kappa shape index (κ3) is 3.01. The van der Waals surface area contributed by atoms with E-state index in [0.717, 1.165) is 4.57 Å². The highest BCUT2D eigenvalue weighted by molar-refractivity contribution is 7.84. The summed E-state index contributed by atoms with van der Waals surface area (Å²) in [5.41, 5.74) is -5.65. The lowest BCUT2D eigenvalue weighted by Crippen LogP contribution is -2.03. The standard InChI is InChI=1S/C19H18N4O2S/c1-13-17(20-8-7-18(13)25-2)12-26(24)19-21-15-6-5-14(11-16(15)22-19)23-9-3-4-10-23/h3-11H,12H2,1-2H3,(H,21,22)/i1D3,2D3,3D,4D,7D,8D,9D,10D,12D2/hD. The molecule has 0 aliphatic carbocycles. The van der Waals surface area contributed by atoms with Crippen molar-refractivity contribution in [1.29, 1.82) is 0 Å². The van der Waals surface area contributed by atoms with E-state index in [1.54, 1.807) is 0 Å². The van der Waals surface area contributed by atoms with Crippen LogP contribution in [-0.4, -0.2) is 30.8 Å². The number of rotatable bonds is 5. The van der Waals surface area contributed by atoms with E-state index >= 15 is 0 Å². The second-order valence-corrected chi connectivity index (χ2v) is 5.97. The van der Waals surface area contributed by atoms with Gasteiger partial charge in [0.2, 0.25) is 0 Å². The molecule has 0 aliphatic heterocycles. The normalized spacial score (nSPS) is 22.2. The molecule has 26 heavy (non-hydrogen) atoms. The molecule has 0 fully saturated rings. The molecule has 1 aromatic carbocycles. The van der Waals surface area contributed by atoms with Crippen molar-refractivity contribution in [2.45, 2.75) is 17.7 Å². The highest BCUT2D eigenvalue weighted by Crippen LogP contribution is 2.22. The Balaban J connectivity index is 1.90. The van der Waals surface area contributed by atoms with E-state index in [2.05, 4.69) is 14.7 Å². The van der Waals surface area contributed by atoms with Crippen molar-refractivity contribution in [3.8, 4) is 11.4 Å². The van der Waals surface area contributed by atoms with E-state index in [-0.39, 0.29) is 16.7 Å². The largest absolute Gasteiger partial charge is 0.496 e. The Labute approximate surface area is 174 Å². The second kappa shape index (κ2) is 6.76. The summed E-state index contributed by atoms with van der Waals surface area (Å²) in [6.45, 7) is -3.34. The minimum absolute atomic E-state index is 0.0200. The van der Waals surface area contributed by atoms with Gasteiger partial charge in [0, 0.05) is 36.6 Å². The number of methoxy groups -OCH3 is 1. The van der Waals surface area contributed by atoms with Crippen LogP contribution in [0.15, 0.2) is 60.0 Å². The van der Waals surface area contributed by atoms with Gasteiger partial charge in [0.05, 0.1) is 52.6 Å². The van der Waals surface area contributed by atoms with Crippen LogP contribution in [0.3, 0.4) is 0 Å². The number of fused-ring (bicyclic) bond motifs is 1. The van der Waals surface area contributed by atoms with Gasteiger partial charge in [0.25, 0.3) is 0 Å². The predicted molar refractivity (Wildman–Crippen MR) is 101 cm³/mol. The van der Waals surface area contributed by atoms with Gasteiger partial charge in [-0.3, -0.25) is 9.19 Å². The van der Waals surface area contributed by atoms with E-state index in [4.69, 9.17) is 20.6 Å². The van der Waals surface area contributed by atoms with Gasteiger partial charge in [-0.2, -0.15) is 0 Å². The molecule has 1 atom stereocenters. The van der Waals surface area contributed by atoms with Crippen molar-refractivity contribution < 1.29 is 29.5 Å². The molecule has 0 saturated heterocycles. The summed E-state index contributed by atoms with van der Waals surface area (Å²) in [6.07, 6.45) is -1.98. The zero-order valence-corrected chi connectivity index (χ0v) is 13.6. The molecule has 3 aromatic heterocycles. The number of hydrogen-bond donors (Lipinski definition) is 1. The lowest BCUT2D eigenvalue weighted by molar-refractivity contribution is 0.410. The predicted octanol–water partition coefficient (Wildman–Crippen LogP) is 3.37. The maximum Gasteiger partial charge on any atom is 0.197 e. The number of nitrogens with zero attached hydrogens (tertiary/aromatic N) is 3. The third-order valence-corrected chi connectivity index (χ3v) is 4.20. The van der Waals surface area contributed by atoms with Crippen molar-refractivity contribution in [3.05, 3.63) is 66.1 Å². The van der Waals surface area contributed by atoms with Crippen molar-refractivity contribution in [1.82, 2.24) is 19.5 Å². The first-order valence-electron chi connectivity index (χ1n) is 14.4. The van der Waals surface area contributed by atoms with Gasteiger partial charge in [0.1, 0.15) is 5.75 Å². The Morgan fingerprint density at radius 1 is 1.46 bits per heavy atom. The molecule has 7 heteroatoms. The maximum absolute atomic E-state index is 13.6. The van der Waals surface area contributed by atoms with Gasteiger partial charge in [-0.15, -0.1) is 0 Å². The van der Waals surface area contributed by atoms with Crippen molar-refractivity contribution >= 4 is 21.8 Å². The first-order valence-corrected chi connectivity index (χ1v) is 8.13. The van der Waals surface area contributed by atoms with E-state index < -0.39 is 89.2 Å². The van der Waals surface area contributed by atoms with Gasteiger partial charge < -0.3 is 14.3 Å². The van der Waals surface area contributed by atoms with Crippen LogP contribution >= 0.6 is 0 Å². The van der Waals surface area contributed by atoms with E-state index in [0.29, 0.717) is 4.98 Å². The molecule has 0 spiro atoms. The Morgan fingerprint density at radius 3 is 3.15 bits per heavy atom. The van der Waals surface area contributed by atoms with E-state index in [1.807, 2.05) is 0 Å². The lowest BCUT2D eigenvalue weighted by atomic mass is 10.2. The number of ether oxygens (including phenoxy) is 1. The summed E-state index contributed by atoms with van der Waals surface area (Å²) < 4.78 is 137. The van der Waals surface area contributed by atoms with Crippen LogP contribution in [0.25, 0.3) is 16.7 Å². The Kier molecular flexibility index (Phi) is 1.73. The van der Waals surface area contributed by atoms with Crippen LogP contribution in [-0.2, 0) is 16.5 Å². The average molecular weight is 382 g/mol. The van der Waals surface area contributed by atoms with Gasteiger partial charge in [0.15, 0.2) is 6.57 Å².